The van der Waals surface area contributed by atoms with Crippen LogP contribution in [-0.4, -0.2) is 102 Å². The first-order valence-electron chi connectivity index (χ1n) is 7.06. The van der Waals surface area contributed by atoms with Gasteiger partial charge >= 0.3 is 151 Å². The third kappa shape index (κ3) is 37.2. The number of carbonyl (C=O) groups excluding carboxylic acids is 6. The van der Waals surface area contributed by atoms with Crippen molar-refractivity contribution in [1.29, 1.82) is 0 Å². The molecular weight excluding hydrogens is 628 g/mol. The Balaban J connectivity index is -0.0000000857. The van der Waals surface area contributed by atoms with Crippen LogP contribution in [-0.2, 0) is 71.1 Å². The second kappa shape index (κ2) is 29.1. The average Bonchev–Trinajstić information content (AvgIpc) is 2.74. The number of carboxylic acid groups (broad SMARTS) is 9. The molecule has 40 heavy (non-hydrogen) atoms. The Hall–Kier alpha value is -2.93. The van der Waals surface area contributed by atoms with E-state index in [4.69, 9.17) is 74.7 Å². The number of carbonyl (C=O) groups is 12. The Bertz CT molecular complexity index is 828. The summed E-state index contributed by atoms with van der Waals surface area (Å²) in [7, 11) is -3.47. The maximum absolute atomic E-state index is 10.6. The van der Waals surface area contributed by atoms with Crippen LogP contribution in [0.25, 0.3) is 0 Å². The smallest absolute Gasteiger partial charge is 0.539 e. The molecule has 0 unspecified atom stereocenters. The molecule has 0 aromatic heterocycles. The second-order valence-corrected chi connectivity index (χ2v) is 5.05. The van der Waals surface area contributed by atoms with Crippen molar-refractivity contribution in [2.45, 2.75) is 0 Å². The first-order chi connectivity index (χ1) is 16.6. The molecule has 24 nitrogen and oxygen atoms in total. The number of hydrogen-bond acceptors (Lipinski definition) is 18. The number of hydrogen-bond donors (Lipinski definition) is 6. The summed E-state index contributed by atoms with van der Waals surface area (Å²) in [6.45, 7) is 0. The van der Waals surface area contributed by atoms with Gasteiger partial charge in [-0.05, 0) is 0 Å². The fourth-order valence-electron chi connectivity index (χ4n) is 0.376. The maximum atomic E-state index is 10.6. The summed E-state index contributed by atoms with van der Waals surface area (Å²) in [5.41, 5.74) is 0. The summed E-state index contributed by atoms with van der Waals surface area (Å²) in [5.74, 6) is -24.7. The molecule has 0 radical (unpaired) electrons. The van der Waals surface area contributed by atoms with Crippen LogP contribution < -0.4 is 104 Å². The average molecular weight is 634 g/mol. The van der Waals surface area contributed by atoms with Gasteiger partial charge in [-0.15, -0.1) is 0 Å². The van der Waals surface area contributed by atoms with Gasteiger partial charge in [0.2, 0.25) is 0 Å². The molecule has 0 aromatic carbocycles. The standard InChI is InChI=1S/C6H3O12P.3C2H2O4.3Na/c7-1(8)4(13)16-19(17-5(14)2(9)10)18-6(15)3(11)12;3*3-1(4)2(5)6;;;/h(H,7,8)(H,9,10)(H,11,12);3*(H,3,4)(H,5,6);;;/q;;;;3*+1/p-3. The quantitative estimate of drug-likeness (QED) is 0.0953. The van der Waals surface area contributed by atoms with Crippen molar-refractivity contribution >= 4 is 80.2 Å². The van der Waals surface area contributed by atoms with Gasteiger partial charge < -0.3 is 73.9 Å². The fourth-order valence-corrected chi connectivity index (χ4v) is 1.13. The van der Waals surface area contributed by atoms with Gasteiger partial charge in [-0.1, -0.05) is 0 Å². The van der Waals surface area contributed by atoms with Gasteiger partial charge in [0.1, 0.15) is 0 Å². The van der Waals surface area contributed by atoms with Gasteiger partial charge in [0.05, 0.1) is 0 Å². The van der Waals surface area contributed by atoms with Crippen LogP contribution in [0.2, 0.25) is 0 Å². The van der Waals surface area contributed by atoms with Crippen molar-refractivity contribution < 1.29 is 206 Å². The molecule has 0 atom stereocenters. The summed E-state index contributed by atoms with van der Waals surface area (Å²) >= 11 is 0. The molecule has 0 aliphatic heterocycles. The second-order valence-electron chi connectivity index (χ2n) is 4.05. The zero-order chi connectivity index (χ0) is 30.6. The van der Waals surface area contributed by atoms with Crippen LogP contribution in [0.5, 0.6) is 0 Å². The van der Waals surface area contributed by atoms with Crippen LogP contribution in [0.4, 0.5) is 0 Å². The van der Waals surface area contributed by atoms with E-state index in [0.29, 0.717) is 0 Å². The maximum Gasteiger partial charge on any atom is 1.00 e. The molecule has 0 bridgehead atoms. The molecule has 0 rings (SSSR count). The van der Waals surface area contributed by atoms with Crippen molar-refractivity contribution in [2.24, 2.45) is 0 Å². The van der Waals surface area contributed by atoms with Crippen molar-refractivity contribution in [1.82, 2.24) is 0 Å². The minimum atomic E-state index is -3.47. The third-order valence-corrected chi connectivity index (χ3v) is 2.46. The molecule has 0 aliphatic rings. The van der Waals surface area contributed by atoms with Crippen molar-refractivity contribution in [2.75, 3.05) is 0 Å². The molecule has 6 N–H and O–H groups in total. The van der Waals surface area contributed by atoms with E-state index >= 15 is 0 Å². The van der Waals surface area contributed by atoms with Crippen LogP contribution in [0, 0.1) is 0 Å². The van der Waals surface area contributed by atoms with Gasteiger partial charge in [-0.2, -0.15) is 0 Å². The Morgan fingerprint density at radius 2 is 0.500 bits per heavy atom. The van der Waals surface area contributed by atoms with Crippen molar-refractivity contribution in [3.05, 3.63) is 0 Å². The molecule has 0 aliphatic carbocycles. The summed E-state index contributed by atoms with van der Waals surface area (Å²) < 4.78 is 11.3. The van der Waals surface area contributed by atoms with Gasteiger partial charge in [-0.25, -0.2) is 43.2 Å². The Morgan fingerprint density at radius 1 is 0.375 bits per heavy atom. The van der Waals surface area contributed by atoms with Gasteiger partial charge in [0.25, 0.3) is 0 Å². The normalized spacial score (nSPS) is 7.72. The monoisotopic (exact) mass is 634 g/mol. The molecule has 0 spiro atoms. The van der Waals surface area contributed by atoms with E-state index in [2.05, 4.69) is 13.6 Å². The summed E-state index contributed by atoms with van der Waals surface area (Å²) in [6.07, 6.45) is 0. The van der Waals surface area contributed by atoms with Gasteiger partial charge in [0, 0.05) is 0 Å². The van der Waals surface area contributed by atoms with E-state index in [-0.39, 0.29) is 88.7 Å². The van der Waals surface area contributed by atoms with Crippen LogP contribution in [0.15, 0.2) is 0 Å². The summed E-state index contributed by atoms with van der Waals surface area (Å²) in [5, 5.41) is 73.4. The summed E-state index contributed by atoms with van der Waals surface area (Å²) in [6, 6.07) is 0. The Morgan fingerprint density at radius 3 is 0.575 bits per heavy atom. The van der Waals surface area contributed by atoms with E-state index in [1.807, 2.05) is 0 Å². The fraction of sp³-hybridized carbons (Fsp3) is 0. The minimum absolute atomic E-state index is 0. The Kier molecular flexibility index (Phi) is 38.8. The molecule has 206 valence electrons. The molecule has 0 saturated carbocycles. The van der Waals surface area contributed by atoms with E-state index in [9.17, 15) is 28.8 Å². The zero-order valence-corrected chi connectivity index (χ0v) is 26.4. The van der Waals surface area contributed by atoms with E-state index in [0.717, 1.165) is 0 Å². The van der Waals surface area contributed by atoms with E-state index in [1.165, 1.54) is 0 Å². The first-order valence-corrected chi connectivity index (χ1v) is 8.16. The molecule has 0 aromatic rings. The number of aliphatic carboxylic acids is 9. The molecule has 0 amide bonds. The van der Waals surface area contributed by atoms with Gasteiger partial charge in [-0.3, -0.25) is 0 Å². The number of rotatable bonds is 3. The topological polar surface area (TPSA) is 423 Å². The molecule has 0 heterocycles. The van der Waals surface area contributed by atoms with Crippen LogP contribution in [0.3, 0.4) is 0 Å². The number of carboxylic acids is 9. The minimum Gasteiger partial charge on any atom is -0.539 e. The largest absolute Gasteiger partial charge is 1.00 e. The SMILES string of the molecule is O=C(O)C(=O)OP(OC(=O)C(=O)O)OC(=O)C(=O)O.O=C([O-])C(=O)O.O=C([O-])C(=O)O.O=C([O-])C(=O)O.[Na+].[Na+].[Na+]. The third-order valence-electron chi connectivity index (χ3n) is 1.52. The van der Waals surface area contributed by atoms with Crippen LogP contribution >= 0.6 is 8.60 Å². The van der Waals surface area contributed by atoms with E-state index < -0.39 is 80.2 Å². The predicted octanol–water partition coefficient (Wildman–Crippen LogP) is -17.4. The molecular formula is C12H6Na3O24P. The molecule has 0 fully saturated rings. The molecule has 28 heteroatoms. The predicted molar refractivity (Wildman–Crippen MR) is 86.0 cm³/mol. The zero-order valence-electron chi connectivity index (χ0n) is 19.5. The first kappa shape index (κ1) is 53.3. The van der Waals surface area contributed by atoms with Gasteiger partial charge in [0.15, 0.2) is 17.9 Å². The molecule has 0 saturated heterocycles. The van der Waals surface area contributed by atoms with Crippen molar-refractivity contribution in [3.8, 4) is 0 Å². The van der Waals surface area contributed by atoms with Crippen LogP contribution in [0.1, 0.15) is 0 Å². The summed E-state index contributed by atoms with van der Waals surface area (Å²) in [4.78, 5) is 116. The van der Waals surface area contributed by atoms with Crippen molar-refractivity contribution in [3.63, 3.8) is 0 Å². The van der Waals surface area contributed by atoms with E-state index in [1.54, 1.807) is 0 Å². The Labute approximate surface area is 283 Å².